The van der Waals surface area contributed by atoms with Crippen LogP contribution in [0.15, 0.2) is 47.5 Å². The summed E-state index contributed by atoms with van der Waals surface area (Å²) in [5.41, 5.74) is 0.414. The molecule has 0 atom stereocenters. The molecule has 2 heterocycles. The lowest BCUT2D eigenvalue weighted by atomic mass is 10.2. The molecule has 0 N–H and O–H groups in total. The van der Waals surface area contributed by atoms with Crippen LogP contribution in [0.5, 0.6) is 0 Å². The molecule has 1 aliphatic rings. The number of esters is 1. The molecule has 1 saturated heterocycles. The number of hydrogen-bond donors (Lipinski definition) is 0. The van der Waals surface area contributed by atoms with E-state index in [0.717, 1.165) is 17.0 Å². The highest BCUT2D eigenvalue weighted by Gasteiger charge is 2.35. The number of piperazine rings is 1. The zero-order valence-electron chi connectivity index (χ0n) is 15.0. The number of nitrogens with zero attached hydrogens (tertiary/aromatic N) is 3. The van der Waals surface area contributed by atoms with E-state index in [0.29, 0.717) is 0 Å². The molecule has 0 bridgehead atoms. The third-order valence-electron chi connectivity index (χ3n) is 4.34. The molecular weight excluding hydrogens is 389 g/mol. The highest BCUT2D eigenvalue weighted by Crippen LogP contribution is 2.22. The van der Waals surface area contributed by atoms with E-state index in [4.69, 9.17) is 0 Å². The van der Waals surface area contributed by atoms with Crippen LogP contribution in [0.1, 0.15) is 16.1 Å². The second kappa shape index (κ2) is 8.03. The number of rotatable bonds is 5. The van der Waals surface area contributed by atoms with Gasteiger partial charge >= 0.3 is 5.97 Å². The molecule has 148 valence electrons. The number of carbonyl (C=O) groups excluding carboxylic acids is 2. The molecule has 0 aliphatic carbocycles. The topological polar surface area (TPSA) is 96.9 Å². The predicted octanol–water partition coefficient (Wildman–Crippen LogP) is 1.04. The van der Waals surface area contributed by atoms with Gasteiger partial charge in [0, 0.05) is 25.8 Å². The molecule has 0 spiro atoms. The van der Waals surface area contributed by atoms with Gasteiger partial charge in [0.25, 0.3) is 0 Å². The van der Waals surface area contributed by atoms with Crippen molar-refractivity contribution in [3.63, 3.8) is 0 Å². The lowest BCUT2D eigenvalue weighted by molar-refractivity contribution is -0.134. The Kier molecular flexibility index (Phi) is 5.71. The Labute approximate surface area is 161 Å². The number of amides is 1. The van der Waals surface area contributed by atoms with E-state index in [1.54, 1.807) is 12.1 Å². The van der Waals surface area contributed by atoms with Crippen LogP contribution < -0.4 is 0 Å². The predicted molar refractivity (Wildman–Crippen MR) is 96.2 cm³/mol. The fraction of sp³-hybridized carbons (Fsp3) is 0.278. The summed E-state index contributed by atoms with van der Waals surface area (Å²) in [4.78, 5) is 29.3. The maximum absolute atomic E-state index is 13.0. The number of hydrogen-bond acceptors (Lipinski definition) is 6. The quantitative estimate of drug-likeness (QED) is 0.687. The lowest BCUT2D eigenvalue weighted by Crippen LogP contribution is -2.51. The van der Waals surface area contributed by atoms with Gasteiger partial charge in [0.05, 0.1) is 13.7 Å². The minimum atomic E-state index is -4.11. The van der Waals surface area contributed by atoms with Gasteiger partial charge in [-0.05, 0) is 29.8 Å². The van der Waals surface area contributed by atoms with Gasteiger partial charge in [-0.2, -0.15) is 4.31 Å². The van der Waals surface area contributed by atoms with Gasteiger partial charge in [0.15, 0.2) is 5.69 Å². The standard InChI is InChI=1S/C18H18FN3O5S/c1-27-18(24)17-15(3-2-8-20-17)28(25,26)22-10-9-21(16(23)12-22)11-13-4-6-14(19)7-5-13/h2-8H,9-12H2,1H3. The van der Waals surface area contributed by atoms with Crippen molar-refractivity contribution in [2.75, 3.05) is 26.7 Å². The minimum Gasteiger partial charge on any atom is -0.464 e. The Bertz CT molecular complexity index is 995. The Morgan fingerprint density at radius 3 is 2.57 bits per heavy atom. The zero-order valence-corrected chi connectivity index (χ0v) is 15.9. The van der Waals surface area contributed by atoms with E-state index in [1.165, 1.54) is 35.4 Å². The van der Waals surface area contributed by atoms with Crippen molar-refractivity contribution in [3.05, 3.63) is 59.7 Å². The van der Waals surface area contributed by atoms with E-state index >= 15 is 0 Å². The first kappa shape index (κ1) is 19.9. The fourth-order valence-corrected chi connectivity index (χ4v) is 4.37. The molecule has 0 saturated carbocycles. The molecule has 8 nitrogen and oxygen atoms in total. The molecule has 2 aromatic rings. The number of pyridine rings is 1. The number of aromatic nitrogens is 1. The smallest absolute Gasteiger partial charge is 0.358 e. The Balaban J connectivity index is 1.77. The van der Waals surface area contributed by atoms with Crippen LogP contribution >= 0.6 is 0 Å². The van der Waals surface area contributed by atoms with Crippen LogP contribution in [0.3, 0.4) is 0 Å². The first-order valence-electron chi connectivity index (χ1n) is 8.38. The van der Waals surface area contributed by atoms with Gasteiger partial charge in [-0.15, -0.1) is 0 Å². The number of halogens is 1. The third-order valence-corrected chi connectivity index (χ3v) is 6.21. The molecular formula is C18H18FN3O5S. The molecule has 1 fully saturated rings. The van der Waals surface area contributed by atoms with E-state index in [2.05, 4.69) is 9.72 Å². The molecule has 1 aliphatic heterocycles. The van der Waals surface area contributed by atoms with Crippen LogP contribution in [-0.2, 0) is 26.1 Å². The highest BCUT2D eigenvalue weighted by molar-refractivity contribution is 7.89. The summed E-state index contributed by atoms with van der Waals surface area (Å²) < 4.78 is 44.5. The summed E-state index contributed by atoms with van der Waals surface area (Å²) in [6.07, 6.45) is 1.29. The molecule has 0 unspecified atom stereocenters. The number of ether oxygens (including phenoxy) is 1. The van der Waals surface area contributed by atoms with E-state index in [1.807, 2.05) is 0 Å². The van der Waals surface area contributed by atoms with Crippen molar-refractivity contribution in [2.45, 2.75) is 11.4 Å². The van der Waals surface area contributed by atoms with Crippen molar-refractivity contribution in [1.29, 1.82) is 0 Å². The largest absolute Gasteiger partial charge is 0.464 e. The molecule has 1 aromatic heterocycles. The Morgan fingerprint density at radius 2 is 1.93 bits per heavy atom. The highest BCUT2D eigenvalue weighted by atomic mass is 32.2. The number of methoxy groups -OCH3 is 1. The molecule has 28 heavy (non-hydrogen) atoms. The SMILES string of the molecule is COC(=O)c1ncccc1S(=O)(=O)N1CCN(Cc2ccc(F)cc2)C(=O)C1. The lowest BCUT2D eigenvalue weighted by Gasteiger charge is -2.33. The van der Waals surface area contributed by atoms with Crippen LogP contribution in [0, 0.1) is 5.82 Å². The van der Waals surface area contributed by atoms with Crippen LogP contribution in [0.2, 0.25) is 0 Å². The molecule has 10 heteroatoms. The third kappa shape index (κ3) is 4.02. The molecule has 1 amide bonds. The maximum atomic E-state index is 13.0. The molecule has 1 aromatic carbocycles. The molecule has 3 rings (SSSR count). The van der Waals surface area contributed by atoms with Gasteiger partial charge in [-0.1, -0.05) is 12.1 Å². The second-order valence-corrected chi connectivity index (χ2v) is 8.03. The fourth-order valence-electron chi connectivity index (χ4n) is 2.86. The normalized spacial score (nSPS) is 15.5. The van der Waals surface area contributed by atoms with Crippen molar-refractivity contribution in [2.24, 2.45) is 0 Å². The first-order chi connectivity index (χ1) is 13.3. The van der Waals surface area contributed by atoms with Crippen molar-refractivity contribution in [1.82, 2.24) is 14.2 Å². The average Bonchev–Trinajstić information content (AvgIpc) is 2.70. The summed E-state index contributed by atoms with van der Waals surface area (Å²) in [5, 5.41) is 0. The summed E-state index contributed by atoms with van der Waals surface area (Å²) >= 11 is 0. The number of benzene rings is 1. The number of sulfonamides is 1. The monoisotopic (exact) mass is 407 g/mol. The van der Waals surface area contributed by atoms with Gasteiger partial charge in [0.2, 0.25) is 15.9 Å². The second-order valence-electron chi connectivity index (χ2n) is 6.12. The van der Waals surface area contributed by atoms with Crippen molar-refractivity contribution >= 4 is 21.9 Å². The van der Waals surface area contributed by atoms with Gasteiger partial charge in [0.1, 0.15) is 10.7 Å². The summed E-state index contributed by atoms with van der Waals surface area (Å²) in [5.74, 6) is -1.63. The summed E-state index contributed by atoms with van der Waals surface area (Å²) in [6, 6.07) is 8.40. The zero-order chi connectivity index (χ0) is 20.3. The average molecular weight is 407 g/mol. The first-order valence-corrected chi connectivity index (χ1v) is 9.82. The Morgan fingerprint density at radius 1 is 1.21 bits per heavy atom. The van der Waals surface area contributed by atoms with Crippen LogP contribution in [-0.4, -0.2) is 61.2 Å². The Hall–Kier alpha value is -2.85. The van der Waals surface area contributed by atoms with Gasteiger partial charge in [-0.3, -0.25) is 4.79 Å². The van der Waals surface area contributed by atoms with E-state index < -0.39 is 16.0 Å². The van der Waals surface area contributed by atoms with Crippen molar-refractivity contribution < 1.29 is 27.1 Å². The van der Waals surface area contributed by atoms with E-state index in [-0.39, 0.29) is 48.5 Å². The van der Waals surface area contributed by atoms with Gasteiger partial charge < -0.3 is 9.64 Å². The molecule has 0 radical (unpaired) electrons. The van der Waals surface area contributed by atoms with Crippen LogP contribution in [0.25, 0.3) is 0 Å². The summed E-state index contributed by atoms with van der Waals surface area (Å²) in [7, 11) is -2.98. The van der Waals surface area contributed by atoms with Crippen molar-refractivity contribution in [3.8, 4) is 0 Å². The summed E-state index contributed by atoms with van der Waals surface area (Å²) in [6.45, 7) is 0.125. The number of carbonyl (C=O) groups is 2. The van der Waals surface area contributed by atoms with E-state index in [9.17, 15) is 22.4 Å². The van der Waals surface area contributed by atoms with Gasteiger partial charge in [-0.25, -0.2) is 22.6 Å². The maximum Gasteiger partial charge on any atom is 0.358 e. The minimum absolute atomic E-state index is 0.0603. The van der Waals surface area contributed by atoms with Crippen LogP contribution in [0.4, 0.5) is 4.39 Å².